The van der Waals surface area contributed by atoms with Gasteiger partial charge >= 0.3 is 17.4 Å². The van der Waals surface area contributed by atoms with Crippen LogP contribution in [0.2, 0.25) is 0 Å². The summed E-state index contributed by atoms with van der Waals surface area (Å²) in [5, 5.41) is 87.0. The zero-order valence-corrected chi connectivity index (χ0v) is 36.9. The Kier molecular flexibility index (Phi) is 14.6. The number of hydrazone groups is 1. The number of fused-ring (bicyclic) bond motifs is 14. The van der Waals surface area contributed by atoms with Crippen molar-refractivity contribution in [3.63, 3.8) is 0 Å². The summed E-state index contributed by atoms with van der Waals surface area (Å²) in [6, 6.07) is 2.68. The summed E-state index contributed by atoms with van der Waals surface area (Å²) in [5.41, 5.74) is -0.722. The van der Waals surface area contributed by atoms with E-state index in [9.17, 15) is 60.1 Å². The van der Waals surface area contributed by atoms with Gasteiger partial charge in [0.2, 0.25) is 0 Å². The number of benzene rings is 3. The normalized spacial score (nSPS) is 26.4. The second-order valence-electron chi connectivity index (χ2n) is 16.2. The van der Waals surface area contributed by atoms with Crippen molar-refractivity contribution >= 4 is 57.4 Å². The average molecular weight is 906 g/mol. The number of non-ortho nitro benzene ring substituents is 1. The molecule has 0 aliphatic carbocycles. The number of methoxy groups -OCH3 is 1. The van der Waals surface area contributed by atoms with E-state index in [2.05, 4.69) is 15.8 Å². The third kappa shape index (κ3) is 9.57. The Bertz CT molecular complexity index is 2550. The van der Waals surface area contributed by atoms with Crippen molar-refractivity contribution in [2.24, 2.45) is 28.8 Å². The number of aliphatic hydroxyl groups is 2. The smallest absolute Gasteiger partial charge is 0.312 e. The van der Waals surface area contributed by atoms with Crippen molar-refractivity contribution in [2.45, 2.75) is 85.6 Å². The summed E-state index contributed by atoms with van der Waals surface area (Å²) < 4.78 is 23.4. The third-order valence-corrected chi connectivity index (χ3v) is 11.8. The van der Waals surface area contributed by atoms with Crippen molar-refractivity contribution in [1.29, 1.82) is 0 Å². The van der Waals surface area contributed by atoms with Gasteiger partial charge in [-0.3, -0.25) is 40.0 Å². The molecule has 0 saturated carbocycles. The van der Waals surface area contributed by atoms with Gasteiger partial charge in [-0.25, -0.2) is 0 Å². The highest BCUT2D eigenvalue weighted by Crippen LogP contribution is 2.55. The van der Waals surface area contributed by atoms with Crippen molar-refractivity contribution in [2.75, 3.05) is 17.9 Å². The highest BCUT2D eigenvalue weighted by atomic mass is 16.7. The molecule has 0 fully saturated rings. The maximum Gasteiger partial charge on any atom is 0.312 e. The molecule has 65 heavy (non-hydrogen) atoms. The van der Waals surface area contributed by atoms with Gasteiger partial charge < -0.3 is 49.8 Å². The van der Waals surface area contributed by atoms with Crippen LogP contribution in [0.3, 0.4) is 0 Å². The lowest BCUT2D eigenvalue weighted by Gasteiger charge is -2.38. The summed E-state index contributed by atoms with van der Waals surface area (Å²) in [5.74, 6) is -9.97. The van der Waals surface area contributed by atoms with Gasteiger partial charge in [0, 0.05) is 67.2 Å². The molecule has 3 aliphatic rings. The van der Waals surface area contributed by atoms with Gasteiger partial charge in [0.05, 0.1) is 68.9 Å². The lowest BCUT2D eigenvalue weighted by Crippen LogP contribution is -2.46. The Balaban J connectivity index is 1.73. The number of rotatable bonds is 7. The van der Waals surface area contributed by atoms with Crippen LogP contribution in [-0.4, -0.2) is 96.6 Å². The number of carbonyl (C=O) groups is 3. The molecule has 1 amide bonds. The SMILES string of the molecule is CO[C@@H]1C=CO[C@@]2(C)Oc3c(C)c(O)c4c(O)c(c(C=NNc5ccc([N+](=O)[O-])cc5[N+](=O)[O-])c(O)c4c3C2=O)NC(=O)C(C)=CC=C[C@H](C)[C@H](O)[C@H](C)[C@H](O)[C@H](C)[C@H](OC(C)=O)[C@@H]1C. The van der Waals surface area contributed by atoms with E-state index in [1.807, 2.05) is 0 Å². The third-order valence-electron chi connectivity index (χ3n) is 11.8. The number of ketones is 1. The quantitative estimate of drug-likeness (QED) is 0.0356. The fraction of sp³-hybridized carbons (Fsp3) is 0.409. The molecule has 7 N–H and O–H groups in total. The Hall–Kier alpha value is -7.10. The molecule has 21 nitrogen and oxygen atoms in total. The van der Waals surface area contributed by atoms with Gasteiger partial charge in [-0.05, 0) is 26.0 Å². The van der Waals surface area contributed by atoms with Gasteiger partial charge in [-0.2, -0.15) is 5.10 Å². The van der Waals surface area contributed by atoms with Gasteiger partial charge in [0.15, 0.2) is 5.75 Å². The number of hydrogen-bond donors (Lipinski definition) is 7. The predicted octanol–water partition coefficient (Wildman–Crippen LogP) is 6.02. The van der Waals surface area contributed by atoms with Crippen molar-refractivity contribution in [3.8, 4) is 23.0 Å². The Morgan fingerprint density at radius 3 is 2.25 bits per heavy atom. The van der Waals surface area contributed by atoms with E-state index in [1.54, 1.807) is 33.8 Å². The number of nitrogens with one attached hydrogen (secondary N) is 2. The summed E-state index contributed by atoms with van der Waals surface area (Å²) in [7, 11) is 1.38. The molecule has 9 atom stereocenters. The second kappa shape index (κ2) is 19.3. The molecule has 3 heterocycles. The number of ether oxygens (including phenoxy) is 4. The number of Topliss-reactive ketones (excluding diaryl/α,β-unsaturated/α-hetero) is 1. The molecule has 3 aromatic carbocycles. The summed E-state index contributed by atoms with van der Waals surface area (Å²) in [6.45, 7) is 11.9. The molecular weight excluding hydrogens is 855 g/mol. The van der Waals surface area contributed by atoms with Gasteiger partial charge in [-0.1, -0.05) is 45.9 Å². The Morgan fingerprint density at radius 2 is 1.63 bits per heavy atom. The molecule has 5 bridgehead atoms. The number of aliphatic hydroxyl groups excluding tert-OH is 2. The number of phenolic OH excluding ortho intramolecular Hbond substituents is 3. The first-order chi connectivity index (χ1) is 30.5. The van der Waals surface area contributed by atoms with E-state index in [1.165, 1.54) is 53.0 Å². The molecule has 0 unspecified atom stereocenters. The summed E-state index contributed by atoms with van der Waals surface area (Å²) >= 11 is 0. The van der Waals surface area contributed by atoms with E-state index < -0.39 is 132 Å². The van der Waals surface area contributed by atoms with Crippen LogP contribution < -0.4 is 15.5 Å². The zero-order valence-electron chi connectivity index (χ0n) is 36.9. The maximum atomic E-state index is 14.5. The van der Waals surface area contributed by atoms with Gasteiger partial charge in [-0.15, -0.1) is 0 Å². The summed E-state index contributed by atoms with van der Waals surface area (Å²) in [4.78, 5) is 61.9. The van der Waals surface area contributed by atoms with Crippen LogP contribution in [0.4, 0.5) is 22.7 Å². The number of allylic oxidation sites excluding steroid dienone is 2. The van der Waals surface area contributed by atoms with Crippen LogP contribution >= 0.6 is 0 Å². The number of esters is 1. The van der Waals surface area contributed by atoms with Crippen molar-refractivity contribution in [1.82, 2.24) is 0 Å². The van der Waals surface area contributed by atoms with Crippen LogP contribution in [0.25, 0.3) is 10.8 Å². The zero-order chi connectivity index (χ0) is 48.4. The Labute approximate surface area is 371 Å². The highest BCUT2D eigenvalue weighted by molar-refractivity contribution is 6.24. The first-order valence-corrected chi connectivity index (χ1v) is 20.3. The molecule has 348 valence electrons. The molecular formula is C44H51N5O16. The van der Waals surface area contributed by atoms with Crippen molar-refractivity contribution < 1.29 is 68.7 Å². The monoisotopic (exact) mass is 905 g/mol. The molecule has 0 saturated heterocycles. The number of phenols is 3. The standard InChI is InChI=1S/C44H51N5O16/c1-19-11-10-12-20(2)43(57)46-34-27(18-45-47-28-14-13-26(48(58)59)17-29(28)49(60)61)38(54)31-32(39(34)55)37(53)24(6)41-33(31)42(56)44(8,65-41)63-16-15-30(62-9)21(3)40(64-25(7)50)23(5)36(52)22(4)35(19)51/h10-19,21-23,30,35-36,40,47,51-55H,1-9H3,(H,46,57)/t19-,21+,22-,23-,30+,35-,36-,40+,44-/m0/s1. The topological polar surface area (TPSA) is 312 Å². The highest BCUT2D eigenvalue weighted by Gasteiger charge is 2.50. The van der Waals surface area contributed by atoms with E-state index in [4.69, 9.17) is 18.9 Å². The van der Waals surface area contributed by atoms with E-state index >= 15 is 0 Å². The van der Waals surface area contributed by atoms with Crippen LogP contribution in [0.15, 0.2) is 59.4 Å². The fourth-order valence-electron chi connectivity index (χ4n) is 7.92. The number of nitrogens with zero attached hydrogens (tertiary/aromatic N) is 3. The van der Waals surface area contributed by atoms with E-state index in [0.717, 1.165) is 24.6 Å². The van der Waals surface area contributed by atoms with Gasteiger partial charge in [0.1, 0.15) is 29.0 Å². The van der Waals surface area contributed by atoms with Crippen LogP contribution in [0, 0.1) is 50.8 Å². The minimum Gasteiger partial charge on any atom is -0.507 e. The molecule has 0 spiro atoms. The number of nitro benzene ring substituents is 2. The molecule has 0 radical (unpaired) electrons. The number of hydrogen-bond acceptors (Lipinski definition) is 18. The van der Waals surface area contributed by atoms with Crippen LogP contribution in [-0.2, 0) is 23.8 Å². The lowest BCUT2D eigenvalue weighted by atomic mass is 9.78. The molecule has 21 heteroatoms. The number of carbonyl (C=O) groups excluding carboxylic acids is 3. The fourth-order valence-corrected chi connectivity index (χ4v) is 7.92. The van der Waals surface area contributed by atoms with E-state index in [0.29, 0.717) is 6.07 Å². The number of amides is 1. The molecule has 3 aliphatic heterocycles. The Morgan fingerprint density at radius 1 is 0.954 bits per heavy atom. The first-order valence-electron chi connectivity index (χ1n) is 20.3. The molecule has 0 aromatic heterocycles. The van der Waals surface area contributed by atoms with E-state index in [-0.39, 0.29) is 28.1 Å². The minimum atomic E-state index is -2.18. The summed E-state index contributed by atoms with van der Waals surface area (Å²) in [6.07, 6.45) is 3.63. The first kappa shape index (κ1) is 48.9. The van der Waals surface area contributed by atoms with Crippen LogP contribution in [0.1, 0.15) is 70.0 Å². The minimum absolute atomic E-state index is 0.0189. The largest absolute Gasteiger partial charge is 0.507 e. The van der Waals surface area contributed by atoms with Crippen LogP contribution in [0.5, 0.6) is 23.0 Å². The lowest BCUT2D eigenvalue weighted by molar-refractivity contribution is -0.393. The van der Waals surface area contributed by atoms with Gasteiger partial charge in [0.25, 0.3) is 17.4 Å². The average Bonchev–Trinajstić information content (AvgIpc) is 3.52. The predicted molar refractivity (Wildman–Crippen MR) is 235 cm³/mol. The molecule has 6 rings (SSSR count). The number of nitro groups is 2. The molecule has 3 aromatic rings. The number of aromatic hydroxyl groups is 3. The van der Waals surface area contributed by atoms with Crippen molar-refractivity contribution in [3.05, 3.63) is 91.3 Å². The number of anilines is 2. The second-order valence-corrected chi connectivity index (χ2v) is 16.2. The maximum absolute atomic E-state index is 14.5.